The summed E-state index contributed by atoms with van der Waals surface area (Å²) in [5, 5.41) is 4.02. The van der Waals surface area contributed by atoms with Crippen molar-refractivity contribution in [3.63, 3.8) is 0 Å². The van der Waals surface area contributed by atoms with Gasteiger partial charge in [0, 0.05) is 16.4 Å². The van der Waals surface area contributed by atoms with Gasteiger partial charge in [-0.15, -0.1) is 0 Å². The van der Waals surface area contributed by atoms with E-state index in [0.29, 0.717) is 0 Å². The van der Waals surface area contributed by atoms with Crippen molar-refractivity contribution in [2.75, 3.05) is 0 Å². The summed E-state index contributed by atoms with van der Waals surface area (Å²) in [7, 11) is 0. The lowest BCUT2D eigenvalue weighted by Gasteiger charge is -2.34. The number of amides is 1. The molecule has 3 heteroatoms. The normalized spacial score (nSPS) is 18.3. The second-order valence-electron chi connectivity index (χ2n) is 5.41. The number of nitrogens with one attached hydrogen (secondary N) is 1. The van der Waals surface area contributed by atoms with Gasteiger partial charge >= 0.3 is 0 Å². The molecule has 0 aliphatic heterocycles. The zero-order valence-electron chi connectivity index (χ0n) is 10.8. The summed E-state index contributed by atoms with van der Waals surface area (Å²) in [4.78, 5) is 12.2. The van der Waals surface area contributed by atoms with Crippen molar-refractivity contribution in [2.24, 2.45) is 0 Å². The molecule has 2 rings (SSSR count). The zero-order chi connectivity index (χ0) is 13.0. The van der Waals surface area contributed by atoms with Gasteiger partial charge in [-0.2, -0.15) is 0 Å². The van der Waals surface area contributed by atoms with Crippen molar-refractivity contribution >= 4 is 21.8 Å². The SMILES string of the molecule is CC1(NC(=O)c2ccc(CBr)cc2)CCCCC1. The molecule has 0 unspecified atom stereocenters. The van der Waals surface area contributed by atoms with Crippen LogP contribution in [0, 0.1) is 0 Å². The first-order valence-electron chi connectivity index (χ1n) is 6.60. The molecule has 0 saturated heterocycles. The Bertz CT molecular complexity index is 407. The molecule has 0 spiro atoms. The Morgan fingerprint density at radius 3 is 2.39 bits per heavy atom. The second-order valence-corrected chi connectivity index (χ2v) is 5.97. The molecule has 0 bridgehead atoms. The van der Waals surface area contributed by atoms with Crippen molar-refractivity contribution in [1.82, 2.24) is 5.32 Å². The van der Waals surface area contributed by atoms with Crippen LogP contribution in [0.3, 0.4) is 0 Å². The molecule has 1 aromatic carbocycles. The first kappa shape index (κ1) is 13.6. The van der Waals surface area contributed by atoms with Crippen LogP contribution in [-0.4, -0.2) is 11.4 Å². The third-order valence-electron chi connectivity index (χ3n) is 3.74. The van der Waals surface area contributed by atoms with E-state index in [-0.39, 0.29) is 11.4 Å². The molecule has 0 aromatic heterocycles. The highest BCUT2D eigenvalue weighted by Gasteiger charge is 2.28. The molecular weight excluding hydrogens is 290 g/mol. The topological polar surface area (TPSA) is 29.1 Å². The van der Waals surface area contributed by atoms with Gasteiger partial charge in [-0.25, -0.2) is 0 Å². The molecule has 98 valence electrons. The smallest absolute Gasteiger partial charge is 0.251 e. The van der Waals surface area contributed by atoms with Crippen LogP contribution < -0.4 is 5.32 Å². The van der Waals surface area contributed by atoms with E-state index < -0.39 is 0 Å². The number of alkyl halides is 1. The number of rotatable bonds is 3. The lowest BCUT2D eigenvalue weighted by molar-refractivity contribution is 0.0882. The monoisotopic (exact) mass is 309 g/mol. The lowest BCUT2D eigenvalue weighted by Crippen LogP contribution is -2.47. The third kappa shape index (κ3) is 3.35. The second kappa shape index (κ2) is 5.87. The van der Waals surface area contributed by atoms with E-state index >= 15 is 0 Å². The molecule has 1 fully saturated rings. The highest BCUT2D eigenvalue weighted by molar-refractivity contribution is 9.08. The number of hydrogen-bond donors (Lipinski definition) is 1. The van der Waals surface area contributed by atoms with Crippen molar-refractivity contribution in [3.05, 3.63) is 35.4 Å². The highest BCUT2D eigenvalue weighted by Crippen LogP contribution is 2.27. The Kier molecular flexibility index (Phi) is 4.44. The van der Waals surface area contributed by atoms with Gasteiger partial charge in [-0.1, -0.05) is 47.3 Å². The van der Waals surface area contributed by atoms with Crippen molar-refractivity contribution in [1.29, 1.82) is 0 Å². The molecule has 0 heterocycles. The van der Waals surface area contributed by atoms with Gasteiger partial charge in [0.1, 0.15) is 0 Å². The summed E-state index contributed by atoms with van der Waals surface area (Å²) in [6.07, 6.45) is 5.93. The summed E-state index contributed by atoms with van der Waals surface area (Å²) in [6, 6.07) is 7.79. The molecule has 2 nitrogen and oxygen atoms in total. The van der Waals surface area contributed by atoms with E-state index in [9.17, 15) is 4.79 Å². The minimum absolute atomic E-state index is 0.0105. The predicted molar refractivity (Wildman–Crippen MR) is 78.0 cm³/mol. The molecule has 0 atom stereocenters. The number of benzene rings is 1. The van der Waals surface area contributed by atoms with Gasteiger partial charge in [0.25, 0.3) is 5.91 Å². The molecular formula is C15H20BrNO. The summed E-state index contributed by atoms with van der Waals surface area (Å²) in [5.74, 6) is 0.0560. The third-order valence-corrected chi connectivity index (χ3v) is 4.39. The van der Waals surface area contributed by atoms with Crippen molar-refractivity contribution in [3.8, 4) is 0 Å². The molecule has 1 aliphatic carbocycles. The molecule has 1 amide bonds. The Morgan fingerprint density at radius 1 is 1.22 bits per heavy atom. The maximum absolute atomic E-state index is 12.2. The van der Waals surface area contributed by atoms with Crippen molar-refractivity contribution < 1.29 is 4.79 Å². The van der Waals surface area contributed by atoms with Gasteiger partial charge < -0.3 is 5.32 Å². The number of hydrogen-bond acceptors (Lipinski definition) is 1. The average molecular weight is 310 g/mol. The molecule has 0 radical (unpaired) electrons. The summed E-state index contributed by atoms with van der Waals surface area (Å²) >= 11 is 3.41. The Labute approximate surface area is 117 Å². The molecule has 1 aliphatic rings. The molecule has 1 N–H and O–H groups in total. The number of carbonyl (C=O) groups is 1. The fourth-order valence-corrected chi connectivity index (χ4v) is 2.92. The van der Waals surface area contributed by atoms with Crippen LogP contribution in [0.15, 0.2) is 24.3 Å². The largest absolute Gasteiger partial charge is 0.347 e. The fraction of sp³-hybridized carbons (Fsp3) is 0.533. The van der Waals surface area contributed by atoms with Crippen molar-refractivity contribution in [2.45, 2.75) is 49.9 Å². The number of halogens is 1. The Hall–Kier alpha value is -0.830. The van der Waals surface area contributed by atoms with Gasteiger partial charge in [0.15, 0.2) is 0 Å². The van der Waals surface area contributed by atoms with E-state index in [0.717, 1.165) is 23.7 Å². The highest BCUT2D eigenvalue weighted by atomic mass is 79.9. The van der Waals surface area contributed by atoms with E-state index in [1.54, 1.807) is 0 Å². The minimum Gasteiger partial charge on any atom is -0.347 e. The van der Waals surface area contributed by atoms with Crippen LogP contribution in [0.4, 0.5) is 0 Å². The van der Waals surface area contributed by atoms with Gasteiger partial charge in [-0.05, 0) is 37.5 Å². The summed E-state index contributed by atoms with van der Waals surface area (Å²) < 4.78 is 0. The number of carbonyl (C=O) groups excluding carboxylic acids is 1. The van der Waals surface area contributed by atoms with E-state index in [1.165, 1.54) is 24.8 Å². The maximum Gasteiger partial charge on any atom is 0.251 e. The van der Waals surface area contributed by atoms with E-state index in [4.69, 9.17) is 0 Å². The fourth-order valence-electron chi connectivity index (χ4n) is 2.55. The molecule has 1 saturated carbocycles. The van der Waals surface area contributed by atoms with Gasteiger partial charge in [-0.3, -0.25) is 4.79 Å². The Morgan fingerprint density at radius 2 is 1.83 bits per heavy atom. The summed E-state index contributed by atoms with van der Waals surface area (Å²) in [5.41, 5.74) is 1.94. The van der Waals surface area contributed by atoms with E-state index in [2.05, 4.69) is 28.2 Å². The van der Waals surface area contributed by atoms with Gasteiger partial charge in [0.05, 0.1) is 0 Å². The van der Waals surface area contributed by atoms with Crippen LogP contribution in [0.1, 0.15) is 54.9 Å². The van der Waals surface area contributed by atoms with Crippen LogP contribution in [-0.2, 0) is 5.33 Å². The minimum atomic E-state index is -0.0105. The van der Waals surface area contributed by atoms with Crippen LogP contribution in [0.2, 0.25) is 0 Å². The van der Waals surface area contributed by atoms with E-state index in [1.807, 2.05) is 24.3 Å². The zero-order valence-corrected chi connectivity index (χ0v) is 12.4. The first-order chi connectivity index (χ1) is 8.63. The predicted octanol–water partition coefficient (Wildman–Crippen LogP) is 4.03. The Balaban J connectivity index is 2.02. The standard InChI is InChI=1S/C15H20BrNO/c1-15(9-3-2-4-10-15)17-14(18)13-7-5-12(11-16)6-8-13/h5-8H,2-4,9-11H2,1H3,(H,17,18). The van der Waals surface area contributed by atoms with Gasteiger partial charge in [0.2, 0.25) is 0 Å². The quantitative estimate of drug-likeness (QED) is 0.839. The lowest BCUT2D eigenvalue weighted by atomic mass is 9.83. The summed E-state index contributed by atoms with van der Waals surface area (Å²) in [6.45, 7) is 2.16. The average Bonchev–Trinajstić information content (AvgIpc) is 2.39. The maximum atomic E-state index is 12.2. The molecule has 18 heavy (non-hydrogen) atoms. The molecule has 1 aromatic rings. The first-order valence-corrected chi connectivity index (χ1v) is 7.72. The van der Waals surface area contributed by atoms with Crippen LogP contribution in [0.25, 0.3) is 0 Å². The van der Waals surface area contributed by atoms with Crippen LogP contribution in [0.5, 0.6) is 0 Å². The van der Waals surface area contributed by atoms with Crippen LogP contribution >= 0.6 is 15.9 Å².